The lowest BCUT2D eigenvalue weighted by atomic mass is 10.1. The summed E-state index contributed by atoms with van der Waals surface area (Å²) in [5, 5.41) is 9.04. The van der Waals surface area contributed by atoms with Gasteiger partial charge in [-0.15, -0.1) is 0 Å². The highest BCUT2D eigenvalue weighted by Gasteiger charge is 2.16. The number of nitrogens with zero attached hydrogens (tertiary/aromatic N) is 3. The molecule has 5 nitrogen and oxygen atoms in total. The van der Waals surface area contributed by atoms with E-state index in [9.17, 15) is 0 Å². The Kier molecular flexibility index (Phi) is 1.87. The van der Waals surface area contributed by atoms with Gasteiger partial charge >= 0.3 is 0 Å². The molecule has 2 aromatic heterocycles. The number of nitrogens with two attached hydrogens (primary N) is 1. The van der Waals surface area contributed by atoms with Gasteiger partial charge in [0.1, 0.15) is 0 Å². The van der Waals surface area contributed by atoms with Crippen LogP contribution in [-0.2, 0) is 13.0 Å². The summed E-state index contributed by atoms with van der Waals surface area (Å²) >= 11 is 0. The van der Waals surface area contributed by atoms with Crippen LogP contribution < -0.4 is 11.1 Å². The van der Waals surface area contributed by atoms with Crippen LogP contribution in [0.25, 0.3) is 16.6 Å². The Bertz CT molecular complexity index is 759. The third-order valence-corrected chi connectivity index (χ3v) is 3.49. The van der Waals surface area contributed by atoms with Crippen molar-refractivity contribution in [2.45, 2.75) is 13.0 Å². The van der Waals surface area contributed by atoms with E-state index in [2.05, 4.69) is 15.4 Å². The molecular formula is C13H13N5. The summed E-state index contributed by atoms with van der Waals surface area (Å²) in [5.74, 6) is 0. The van der Waals surface area contributed by atoms with Crippen LogP contribution in [0.15, 0.2) is 24.4 Å². The lowest BCUT2D eigenvalue weighted by molar-refractivity contribution is 0.611. The van der Waals surface area contributed by atoms with E-state index in [0.29, 0.717) is 0 Å². The van der Waals surface area contributed by atoms with Crippen molar-refractivity contribution in [1.82, 2.24) is 19.9 Å². The van der Waals surface area contributed by atoms with Gasteiger partial charge in [-0.25, -0.2) is 9.50 Å². The third-order valence-electron chi connectivity index (χ3n) is 3.49. The zero-order chi connectivity index (χ0) is 12.1. The molecule has 0 saturated heterocycles. The van der Waals surface area contributed by atoms with Gasteiger partial charge in [-0.1, -0.05) is 0 Å². The molecular weight excluding hydrogens is 226 g/mol. The maximum absolute atomic E-state index is 5.80. The summed E-state index contributed by atoms with van der Waals surface area (Å²) in [7, 11) is 0. The Morgan fingerprint density at radius 2 is 2.28 bits per heavy atom. The Labute approximate surface area is 104 Å². The van der Waals surface area contributed by atoms with E-state index >= 15 is 0 Å². The van der Waals surface area contributed by atoms with Crippen LogP contribution >= 0.6 is 0 Å². The van der Waals surface area contributed by atoms with Gasteiger partial charge in [-0.3, -0.25) is 0 Å². The molecule has 3 aromatic rings. The maximum Gasteiger partial charge on any atom is 0.163 e. The highest BCUT2D eigenvalue weighted by atomic mass is 15.3. The molecule has 0 atom stereocenters. The van der Waals surface area contributed by atoms with Crippen LogP contribution in [0.5, 0.6) is 0 Å². The van der Waals surface area contributed by atoms with Crippen LogP contribution in [0.4, 0.5) is 5.69 Å². The fourth-order valence-electron chi connectivity index (χ4n) is 2.60. The van der Waals surface area contributed by atoms with E-state index in [0.717, 1.165) is 41.7 Å². The Morgan fingerprint density at radius 1 is 1.33 bits per heavy atom. The van der Waals surface area contributed by atoms with E-state index in [-0.39, 0.29) is 0 Å². The monoisotopic (exact) mass is 239 g/mol. The van der Waals surface area contributed by atoms with Crippen molar-refractivity contribution in [3.63, 3.8) is 0 Å². The molecule has 18 heavy (non-hydrogen) atoms. The van der Waals surface area contributed by atoms with Crippen molar-refractivity contribution in [3.8, 4) is 0 Å². The predicted octanol–water partition coefficient (Wildman–Crippen LogP) is 1.11. The van der Waals surface area contributed by atoms with Crippen LogP contribution in [0.2, 0.25) is 0 Å². The van der Waals surface area contributed by atoms with Crippen LogP contribution in [0, 0.1) is 0 Å². The second-order valence-electron chi connectivity index (χ2n) is 4.67. The van der Waals surface area contributed by atoms with Gasteiger partial charge in [-0.05, 0) is 18.2 Å². The molecule has 4 rings (SSSR count). The minimum atomic E-state index is 0.737. The van der Waals surface area contributed by atoms with Crippen molar-refractivity contribution in [2.75, 3.05) is 12.3 Å². The number of anilines is 1. The van der Waals surface area contributed by atoms with Crippen molar-refractivity contribution in [2.24, 2.45) is 0 Å². The number of nitrogens with one attached hydrogen (secondary N) is 1. The molecule has 0 unspecified atom stereocenters. The molecule has 1 aliphatic heterocycles. The van der Waals surface area contributed by atoms with E-state index in [1.165, 1.54) is 11.3 Å². The van der Waals surface area contributed by atoms with Gasteiger partial charge < -0.3 is 11.1 Å². The van der Waals surface area contributed by atoms with Crippen molar-refractivity contribution in [3.05, 3.63) is 35.7 Å². The molecule has 3 heterocycles. The summed E-state index contributed by atoms with van der Waals surface area (Å²) in [6.45, 7) is 1.86. The molecule has 0 aliphatic carbocycles. The van der Waals surface area contributed by atoms with Gasteiger partial charge in [0.25, 0.3) is 0 Å². The SMILES string of the molecule is Nc1ccc2c(c1)nn1c3c(cnc21)CNCC3. The standard InChI is InChI=1S/C13H13N5/c14-9-1-2-10-11(5-9)17-18-12-3-4-15-6-8(12)7-16-13(10)18/h1-2,5,7,15H,3-4,6,14H2. The van der Waals surface area contributed by atoms with Gasteiger partial charge in [0, 0.05) is 42.3 Å². The second-order valence-corrected chi connectivity index (χ2v) is 4.67. The lowest BCUT2D eigenvalue weighted by Gasteiger charge is -2.16. The third kappa shape index (κ3) is 1.25. The van der Waals surface area contributed by atoms with E-state index < -0.39 is 0 Å². The number of hydrogen-bond acceptors (Lipinski definition) is 4. The zero-order valence-electron chi connectivity index (χ0n) is 9.85. The van der Waals surface area contributed by atoms with Crippen molar-refractivity contribution < 1.29 is 0 Å². The molecule has 1 aromatic carbocycles. The number of benzene rings is 1. The average molecular weight is 239 g/mol. The fourth-order valence-corrected chi connectivity index (χ4v) is 2.60. The topological polar surface area (TPSA) is 68.2 Å². The number of rotatable bonds is 0. The number of hydrogen-bond donors (Lipinski definition) is 2. The minimum absolute atomic E-state index is 0.737. The zero-order valence-corrected chi connectivity index (χ0v) is 9.85. The molecule has 5 heteroatoms. The first-order valence-corrected chi connectivity index (χ1v) is 6.08. The molecule has 0 spiro atoms. The van der Waals surface area contributed by atoms with Gasteiger partial charge in [-0.2, -0.15) is 5.10 Å². The fraction of sp³-hybridized carbons (Fsp3) is 0.231. The number of aromatic nitrogens is 3. The normalized spacial score (nSPS) is 15.1. The second kappa shape index (κ2) is 3.43. The quantitative estimate of drug-likeness (QED) is 0.577. The largest absolute Gasteiger partial charge is 0.399 e. The van der Waals surface area contributed by atoms with E-state index in [1.807, 2.05) is 28.9 Å². The first-order valence-electron chi connectivity index (χ1n) is 6.08. The van der Waals surface area contributed by atoms with Crippen LogP contribution in [-0.4, -0.2) is 21.1 Å². The summed E-state index contributed by atoms with van der Waals surface area (Å²) in [6, 6.07) is 5.79. The summed E-state index contributed by atoms with van der Waals surface area (Å²) in [6.07, 6.45) is 2.94. The first kappa shape index (κ1) is 9.85. The molecule has 0 bridgehead atoms. The Hall–Kier alpha value is -2.14. The summed E-state index contributed by atoms with van der Waals surface area (Å²) in [5.41, 5.74) is 10.9. The molecule has 0 fully saturated rings. The molecule has 0 saturated carbocycles. The van der Waals surface area contributed by atoms with E-state index in [1.54, 1.807) is 0 Å². The molecule has 3 N–H and O–H groups in total. The maximum atomic E-state index is 5.80. The Morgan fingerprint density at radius 3 is 3.22 bits per heavy atom. The van der Waals surface area contributed by atoms with Crippen molar-refractivity contribution >= 4 is 22.2 Å². The van der Waals surface area contributed by atoms with Crippen LogP contribution in [0.1, 0.15) is 11.3 Å². The first-order chi connectivity index (χ1) is 8.83. The van der Waals surface area contributed by atoms with Gasteiger partial charge in [0.05, 0.1) is 11.2 Å². The van der Waals surface area contributed by atoms with E-state index in [4.69, 9.17) is 5.73 Å². The van der Waals surface area contributed by atoms with Gasteiger partial charge in [0.15, 0.2) is 5.65 Å². The highest BCUT2D eigenvalue weighted by Crippen LogP contribution is 2.23. The predicted molar refractivity (Wildman–Crippen MR) is 70.3 cm³/mol. The molecule has 90 valence electrons. The van der Waals surface area contributed by atoms with Crippen LogP contribution in [0.3, 0.4) is 0 Å². The molecule has 0 radical (unpaired) electrons. The summed E-state index contributed by atoms with van der Waals surface area (Å²) < 4.78 is 1.97. The summed E-state index contributed by atoms with van der Waals surface area (Å²) in [4.78, 5) is 4.53. The number of nitrogen functional groups attached to an aromatic ring is 1. The highest BCUT2D eigenvalue weighted by molar-refractivity contribution is 5.93. The number of fused-ring (bicyclic) bond motifs is 5. The lowest BCUT2D eigenvalue weighted by Crippen LogP contribution is -2.26. The smallest absolute Gasteiger partial charge is 0.163 e. The van der Waals surface area contributed by atoms with Crippen molar-refractivity contribution in [1.29, 1.82) is 0 Å². The molecule has 0 amide bonds. The van der Waals surface area contributed by atoms with Gasteiger partial charge in [0.2, 0.25) is 0 Å². The minimum Gasteiger partial charge on any atom is -0.399 e. The average Bonchev–Trinajstić information content (AvgIpc) is 2.76. The Balaban J connectivity index is 2.13. The molecule has 1 aliphatic rings.